The van der Waals surface area contributed by atoms with Crippen LogP contribution in [0.4, 0.5) is 11.6 Å². The van der Waals surface area contributed by atoms with Gasteiger partial charge in [-0.25, -0.2) is 9.97 Å². The molecule has 0 aliphatic rings. The topological polar surface area (TPSA) is 66.9 Å². The second-order valence-corrected chi connectivity index (χ2v) is 6.31. The highest BCUT2D eigenvalue weighted by atomic mass is 35.5. The van der Waals surface area contributed by atoms with Crippen LogP contribution in [0.1, 0.15) is 21.5 Å². The van der Waals surface area contributed by atoms with Gasteiger partial charge in [0.1, 0.15) is 0 Å². The fraction of sp³-hybridized carbons (Fsp3) is 0.150. The van der Waals surface area contributed by atoms with Gasteiger partial charge in [-0.3, -0.25) is 4.79 Å². The lowest BCUT2D eigenvalue weighted by molar-refractivity contribution is 0.102. The Balaban J connectivity index is 1.56. The summed E-state index contributed by atoms with van der Waals surface area (Å²) >= 11 is 5.98. The second kappa shape index (κ2) is 8.45. The Labute approximate surface area is 157 Å². The standard InChI is InChI=1S/C20H19ClN4O/c1-14-7-8-17(21)11-18(14)25-19(26)16-12-23-20(24-13-16)22-10-9-15-5-3-2-4-6-15/h2-8,11-13H,9-10H2,1H3,(H,25,26)(H,22,23,24). The van der Waals surface area contributed by atoms with E-state index < -0.39 is 0 Å². The summed E-state index contributed by atoms with van der Waals surface area (Å²) in [6.07, 6.45) is 3.89. The Morgan fingerprint density at radius 2 is 1.81 bits per heavy atom. The van der Waals surface area contributed by atoms with Gasteiger partial charge in [0.2, 0.25) is 5.95 Å². The highest BCUT2D eigenvalue weighted by Crippen LogP contribution is 2.20. The molecule has 0 fully saturated rings. The Morgan fingerprint density at radius 1 is 1.08 bits per heavy atom. The average molecular weight is 367 g/mol. The van der Waals surface area contributed by atoms with E-state index in [2.05, 4.69) is 32.7 Å². The summed E-state index contributed by atoms with van der Waals surface area (Å²) in [5.41, 5.74) is 3.24. The molecule has 0 aliphatic heterocycles. The quantitative estimate of drug-likeness (QED) is 0.680. The summed E-state index contributed by atoms with van der Waals surface area (Å²) in [7, 11) is 0. The highest BCUT2D eigenvalue weighted by molar-refractivity contribution is 6.31. The summed E-state index contributed by atoms with van der Waals surface area (Å²) < 4.78 is 0. The summed E-state index contributed by atoms with van der Waals surface area (Å²) in [6.45, 7) is 2.62. The third-order valence-corrected chi connectivity index (χ3v) is 4.14. The van der Waals surface area contributed by atoms with E-state index in [9.17, 15) is 4.79 Å². The van der Waals surface area contributed by atoms with Crippen molar-refractivity contribution in [1.82, 2.24) is 9.97 Å². The molecule has 0 radical (unpaired) electrons. The summed E-state index contributed by atoms with van der Waals surface area (Å²) in [5.74, 6) is 0.225. The lowest BCUT2D eigenvalue weighted by Gasteiger charge is -2.09. The van der Waals surface area contributed by atoms with Gasteiger partial charge in [0.05, 0.1) is 5.56 Å². The molecule has 5 nitrogen and oxygen atoms in total. The van der Waals surface area contributed by atoms with Crippen LogP contribution in [0.5, 0.6) is 0 Å². The lowest BCUT2D eigenvalue weighted by atomic mass is 10.1. The van der Waals surface area contributed by atoms with Crippen LogP contribution in [-0.4, -0.2) is 22.4 Å². The molecule has 0 atom stereocenters. The lowest BCUT2D eigenvalue weighted by Crippen LogP contribution is -2.14. The molecule has 2 aromatic carbocycles. The normalized spacial score (nSPS) is 10.4. The number of amides is 1. The summed E-state index contributed by atoms with van der Waals surface area (Å²) in [5, 5.41) is 6.55. The first-order chi connectivity index (χ1) is 12.6. The molecule has 1 aromatic heterocycles. The molecule has 0 spiro atoms. The number of benzene rings is 2. The molecule has 0 aliphatic carbocycles. The van der Waals surface area contributed by atoms with Gasteiger partial charge < -0.3 is 10.6 Å². The van der Waals surface area contributed by atoms with Gasteiger partial charge in [-0.15, -0.1) is 0 Å². The van der Waals surface area contributed by atoms with Crippen LogP contribution in [0, 0.1) is 6.92 Å². The predicted octanol–water partition coefficient (Wildman–Crippen LogP) is 4.35. The zero-order valence-corrected chi connectivity index (χ0v) is 15.1. The predicted molar refractivity (Wildman–Crippen MR) is 105 cm³/mol. The van der Waals surface area contributed by atoms with Crippen LogP contribution in [0.25, 0.3) is 0 Å². The highest BCUT2D eigenvalue weighted by Gasteiger charge is 2.09. The van der Waals surface area contributed by atoms with E-state index in [1.54, 1.807) is 12.1 Å². The Kier molecular flexibility index (Phi) is 5.81. The van der Waals surface area contributed by atoms with Gasteiger partial charge in [-0.1, -0.05) is 48.0 Å². The molecule has 1 amide bonds. The van der Waals surface area contributed by atoms with Crippen LogP contribution < -0.4 is 10.6 Å². The minimum absolute atomic E-state index is 0.272. The van der Waals surface area contributed by atoms with E-state index in [-0.39, 0.29) is 5.91 Å². The van der Waals surface area contributed by atoms with Crippen LogP contribution in [-0.2, 0) is 6.42 Å². The molecular formula is C20H19ClN4O. The maximum absolute atomic E-state index is 12.3. The zero-order chi connectivity index (χ0) is 18.4. The number of carbonyl (C=O) groups is 1. The number of nitrogens with zero attached hydrogens (tertiary/aromatic N) is 2. The van der Waals surface area contributed by atoms with Crippen LogP contribution in [0.3, 0.4) is 0 Å². The molecular weight excluding hydrogens is 348 g/mol. The van der Waals surface area contributed by atoms with Crippen molar-refractivity contribution in [2.75, 3.05) is 17.2 Å². The first-order valence-corrected chi connectivity index (χ1v) is 8.67. The maximum Gasteiger partial charge on any atom is 0.258 e. The van der Waals surface area contributed by atoms with Crippen molar-refractivity contribution in [1.29, 1.82) is 0 Å². The molecule has 0 saturated carbocycles. The van der Waals surface area contributed by atoms with E-state index in [0.29, 0.717) is 22.2 Å². The van der Waals surface area contributed by atoms with Crippen LogP contribution >= 0.6 is 11.6 Å². The molecule has 3 rings (SSSR count). The molecule has 1 heterocycles. The molecule has 6 heteroatoms. The number of hydrogen-bond acceptors (Lipinski definition) is 4. The molecule has 26 heavy (non-hydrogen) atoms. The van der Waals surface area contributed by atoms with E-state index in [1.165, 1.54) is 18.0 Å². The van der Waals surface area contributed by atoms with Gasteiger partial charge in [-0.05, 0) is 36.6 Å². The zero-order valence-electron chi connectivity index (χ0n) is 14.4. The van der Waals surface area contributed by atoms with Crippen molar-refractivity contribution in [3.05, 3.63) is 82.6 Å². The number of nitrogens with one attached hydrogen (secondary N) is 2. The largest absolute Gasteiger partial charge is 0.354 e. The molecule has 0 saturated heterocycles. The van der Waals surface area contributed by atoms with Crippen LogP contribution in [0.15, 0.2) is 60.9 Å². The molecule has 0 bridgehead atoms. The molecule has 132 valence electrons. The number of aryl methyl sites for hydroxylation is 1. The smallest absolute Gasteiger partial charge is 0.258 e. The molecule has 3 aromatic rings. The number of hydrogen-bond donors (Lipinski definition) is 2. The number of carbonyl (C=O) groups excluding carboxylic acids is 1. The number of anilines is 2. The monoisotopic (exact) mass is 366 g/mol. The van der Waals surface area contributed by atoms with Gasteiger partial charge in [0.15, 0.2) is 0 Å². The first kappa shape index (κ1) is 17.9. The van der Waals surface area contributed by atoms with Crippen molar-refractivity contribution in [3.63, 3.8) is 0 Å². The van der Waals surface area contributed by atoms with Crippen molar-refractivity contribution >= 4 is 29.1 Å². The number of rotatable bonds is 6. The van der Waals surface area contributed by atoms with Gasteiger partial charge in [0.25, 0.3) is 5.91 Å². The average Bonchev–Trinajstić information content (AvgIpc) is 2.66. The van der Waals surface area contributed by atoms with Gasteiger partial charge in [0, 0.05) is 29.6 Å². The van der Waals surface area contributed by atoms with E-state index in [0.717, 1.165) is 18.5 Å². The van der Waals surface area contributed by atoms with E-state index in [4.69, 9.17) is 11.6 Å². The van der Waals surface area contributed by atoms with Gasteiger partial charge >= 0.3 is 0 Å². The van der Waals surface area contributed by atoms with E-state index >= 15 is 0 Å². The SMILES string of the molecule is Cc1ccc(Cl)cc1NC(=O)c1cnc(NCCc2ccccc2)nc1. The fourth-order valence-electron chi connectivity index (χ4n) is 2.42. The van der Waals surface area contributed by atoms with Crippen molar-refractivity contribution < 1.29 is 4.79 Å². The minimum atomic E-state index is -0.272. The first-order valence-electron chi connectivity index (χ1n) is 8.29. The van der Waals surface area contributed by atoms with E-state index in [1.807, 2.05) is 31.2 Å². The van der Waals surface area contributed by atoms with Crippen LogP contribution in [0.2, 0.25) is 5.02 Å². The molecule has 0 unspecified atom stereocenters. The van der Waals surface area contributed by atoms with Crippen molar-refractivity contribution in [2.45, 2.75) is 13.3 Å². The van der Waals surface area contributed by atoms with Crippen molar-refractivity contribution in [2.24, 2.45) is 0 Å². The Hall–Kier alpha value is -2.92. The number of aromatic nitrogens is 2. The fourth-order valence-corrected chi connectivity index (χ4v) is 2.60. The Bertz CT molecular complexity index is 882. The van der Waals surface area contributed by atoms with Gasteiger partial charge in [-0.2, -0.15) is 0 Å². The third kappa shape index (κ3) is 4.80. The Morgan fingerprint density at radius 3 is 2.54 bits per heavy atom. The summed E-state index contributed by atoms with van der Waals surface area (Å²) in [6, 6.07) is 15.5. The summed E-state index contributed by atoms with van der Waals surface area (Å²) in [4.78, 5) is 20.7. The molecule has 2 N–H and O–H groups in total. The minimum Gasteiger partial charge on any atom is -0.354 e. The third-order valence-electron chi connectivity index (χ3n) is 3.90. The maximum atomic E-state index is 12.3. The van der Waals surface area contributed by atoms with Crippen molar-refractivity contribution in [3.8, 4) is 0 Å². The second-order valence-electron chi connectivity index (χ2n) is 5.87. The number of halogens is 1.